The van der Waals surface area contributed by atoms with Gasteiger partial charge in [0.05, 0.1) is 14.2 Å². The number of ketones is 1. The SMILES string of the molecule is COc1ccc(OC)c(C(C)C(C)=O)c1. The Hall–Kier alpha value is -1.51. The third-order valence-corrected chi connectivity index (χ3v) is 2.51. The van der Waals surface area contributed by atoms with Gasteiger partial charge in [0.1, 0.15) is 17.3 Å². The standard InChI is InChI=1S/C12H16O3/c1-8(9(2)13)11-7-10(14-3)5-6-12(11)15-4/h5-8H,1-4H3. The first kappa shape index (κ1) is 11.6. The average Bonchev–Trinajstić information content (AvgIpc) is 2.27. The van der Waals surface area contributed by atoms with Crippen LogP contribution < -0.4 is 9.47 Å². The Morgan fingerprint density at radius 1 is 1.27 bits per heavy atom. The summed E-state index contributed by atoms with van der Waals surface area (Å²) in [6.45, 7) is 3.43. The minimum atomic E-state index is -0.171. The van der Waals surface area contributed by atoms with E-state index in [0.717, 1.165) is 17.1 Å². The Bertz CT molecular complexity index is 358. The second-order valence-electron chi connectivity index (χ2n) is 3.44. The number of carbonyl (C=O) groups is 1. The Morgan fingerprint density at radius 2 is 1.93 bits per heavy atom. The Kier molecular flexibility index (Phi) is 3.72. The molecule has 1 rings (SSSR count). The molecule has 0 aliphatic heterocycles. The van der Waals surface area contributed by atoms with Crippen molar-refractivity contribution < 1.29 is 14.3 Å². The number of methoxy groups -OCH3 is 2. The van der Waals surface area contributed by atoms with Gasteiger partial charge in [0, 0.05) is 11.5 Å². The summed E-state index contributed by atoms with van der Waals surface area (Å²) >= 11 is 0. The molecule has 0 fully saturated rings. The van der Waals surface area contributed by atoms with Crippen LogP contribution in [-0.4, -0.2) is 20.0 Å². The van der Waals surface area contributed by atoms with Crippen LogP contribution in [0.5, 0.6) is 11.5 Å². The summed E-state index contributed by atoms with van der Waals surface area (Å²) in [7, 11) is 3.20. The average molecular weight is 208 g/mol. The van der Waals surface area contributed by atoms with Crippen LogP contribution in [0.1, 0.15) is 25.3 Å². The first-order valence-corrected chi connectivity index (χ1v) is 4.82. The topological polar surface area (TPSA) is 35.5 Å². The fourth-order valence-electron chi connectivity index (χ4n) is 1.40. The lowest BCUT2D eigenvalue weighted by molar-refractivity contribution is -0.118. The molecule has 3 heteroatoms. The predicted octanol–water partition coefficient (Wildman–Crippen LogP) is 2.40. The van der Waals surface area contributed by atoms with Gasteiger partial charge in [0.25, 0.3) is 0 Å². The summed E-state index contributed by atoms with van der Waals surface area (Å²) in [4.78, 5) is 11.3. The van der Waals surface area contributed by atoms with Gasteiger partial charge in [-0.2, -0.15) is 0 Å². The van der Waals surface area contributed by atoms with Crippen LogP contribution in [0.15, 0.2) is 18.2 Å². The van der Waals surface area contributed by atoms with Crippen molar-refractivity contribution in [3.63, 3.8) is 0 Å². The molecule has 0 aromatic heterocycles. The molecule has 0 aliphatic rings. The second-order valence-corrected chi connectivity index (χ2v) is 3.44. The number of carbonyl (C=O) groups excluding carboxylic acids is 1. The van der Waals surface area contributed by atoms with Crippen molar-refractivity contribution >= 4 is 5.78 Å². The number of hydrogen-bond donors (Lipinski definition) is 0. The van der Waals surface area contributed by atoms with Crippen LogP contribution in [0.3, 0.4) is 0 Å². The van der Waals surface area contributed by atoms with Gasteiger partial charge in [-0.15, -0.1) is 0 Å². The van der Waals surface area contributed by atoms with E-state index >= 15 is 0 Å². The summed E-state index contributed by atoms with van der Waals surface area (Å²) in [5, 5.41) is 0. The van der Waals surface area contributed by atoms with E-state index in [1.54, 1.807) is 21.1 Å². The molecule has 1 aromatic carbocycles. The summed E-state index contributed by atoms with van der Waals surface area (Å²) in [6, 6.07) is 5.47. The molecule has 0 saturated heterocycles. The smallest absolute Gasteiger partial charge is 0.137 e. The normalized spacial score (nSPS) is 12.0. The van der Waals surface area contributed by atoms with E-state index < -0.39 is 0 Å². The third-order valence-electron chi connectivity index (χ3n) is 2.51. The Labute approximate surface area is 90.0 Å². The van der Waals surface area contributed by atoms with Crippen molar-refractivity contribution in [1.82, 2.24) is 0 Å². The summed E-state index contributed by atoms with van der Waals surface area (Å²) < 4.78 is 10.3. The van der Waals surface area contributed by atoms with Crippen LogP contribution in [0.4, 0.5) is 0 Å². The van der Waals surface area contributed by atoms with Crippen molar-refractivity contribution in [2.45, 2.75) is 19.8 Å². The van der Waals surface area contributed by atoms with E-state index in [9.17, 15) is 4.79 Å². The zero-order chi connectivity index (χ0) is 11.4. The van der Waals surface area contributed by atoms with Gasteiger partial charge in [-0.1, -0.05) is 6.92 Å². The molecule has 0 heterocycles. The first-order valence-electron chi connectivity index (χ1n) is 4.82. The molecule has 1 aromatic rings. The minimum Gasteiger partial charge on any atom is -0.497 e. The monoisotopic (exact) mass is 208 g/mol. The van der Waals surface area contributed by atoms with E-state index in [1.807, 2.05) is 25.1 Å². The van der Waals surface area contributed by atoms with Gasteiger partial charge in [0.15, 0.2) is 0 Å². The van der Waals surface area contributed by atoms with Gasteiger partial charge >= 0.3 is 0 Å². The molecule has 82 valence electrons. The molecule has 0 aliphatic carbocycles. The van der Waals surface area contributed by atoms with E-state index in [-0.39, 0.29) is 11.7 Å². The number of rotatable bonds is 4. The van der Waals surface area contributed by atoms with Crippen LogP contribution in [-0.2, 0) is 4.79 Å². The molecule has 3 nitrogen and oxygen atoms in total. The molecule has 0 radical (unpaired) electrons. The number of Topliss-reactive ketones (excluding diaryl/α,β-unsaturated/α-hetero) is 1. The van der Waals surface area contributed by atoms with Crippen LogP contribution in [0.2, 0.25) is 0 Å². The van der Waals surface area contributed by atoms with Crippen LogP contribution in [0.25, 0.3) is 0 Å². The molecule has 0 N–H and O–H groups in total. The largest absolute Gasteiger partial charge is 0.497 e. The predicted molar refractivity (Wildman–Crippen MR) is 58.6 cm³/mol. The van der Waals surface area contributed by atoms with Crippen molar-refractivity contribution in [2.24, 2.45) is 0 Å². The lowest BCUT2D eigenvalue weighted by atomic mass is 9.96. The molecule has 0 spiro atoms. The second kappa shape index (κ2) is 4.82. The maximum Gasteiger partial charge on any atom is 0.137 e. The van der Waals surface area contributed by atoms with Crippen molar-refractivity contribution in [2.75, 3.05) is 14.2 Å². The first-order chi connectivity index (χ1) is 7.10. The van der Waals surface area contributed by atoms with Gasteiger partial charge in [-0.25, -0.2) is 0 Å². The third kappa shape index (κ3) is 2.49. The molecule has 1 atom stereocenters. The zero-order valence-electron chi connectivity index (χ0n) is 9.53. The minimum absolute atomic E-state index is 0.113. The quantitative estimate of drug-likeness (QED) is 0.762. The van der Waals surface area contributed by atoms with Gasteiger partial charge in [0.2, 0.25) is 0 Å². The zero-order valence-corrected chi connectivity index (χ0v) is 9.53. The molecular formula is C12H16O3. The fraction of sp³-hybridized carbons (Fsp3) is 0.417. The number of hydrogen-bond acceptors (Lipinski definition) is 3. The van der Waals surface area contributed by atoms with Crippen molar-refractivity contribution in [3.8, 4) is 11.5 Å². The summed E-state index contributed by atoms with van der Waals surface area (Å²) in [5.41, 5.74) is 0.865. The highest BCUT2D eigenvalue weighted by Crippen LogP contribution is 2.30. The maximum absolute atomic E-state index is 11.3. The number of benzene rings is 1. The molecule has 0 bridgehead atoms. The van der Waals surface area contributed by atoms with E-state index in [2.05, 4.69) is 0 Å². The molecule has 0 amide bonds. The lowest BCUT2D eigenvalue weighted by Crippen LogP contribution is -2.06. The van der Waals surface area contributed by atoms with Gasteiger partial charge in [-0.05, 0) is 25.1 Å². The molecular weight excluding hydrogens is 192 g/mol. The number of ether oxygens (including phenoxy) is 2. The highest BCUT2D eigenvalue weighted by molar-refractivity contribution is 5.83. The van der Waals surface area contributed by atoms with Crippen LogP contribution >= 0.6 is 0 Å². The summed E-state index contributed by atoms with van der Waals surface area (Å²) in [6.07, 6.45) is 0. The Morgan fingerprint density at radius 3 is 2.40 bits per heavy atom. The fourth-order valence-corrected chi connectivity index (χ4v) is 1.40. The highest BCUT2D eigenvalue weighted by atomic mass is 16.5. The van der Waals surface area contributed by atoms with Gasteiger partial charge < -0.3 is 9.47 Å². The van der Waals surface area contributed by atoms with Crippen molar-refractivity contribution in [1.29, 1.82) is 0 Å². The molecule has 15 heavy (non-hydrogen) atoms. The molecule has 1 unspecified atom stereocenters. The summed E-state index contributed by atoms with van der Waals surface area (Å²) in [5.74, 6) is 1.40. The van der Waals surface area contributed by atoms with Crippen molar-refractivity contribution in [3.05, 3.63) is 23.8 Å². The lowest BCUT2D eigenvalue weighted by Gasteiger charge is -2.14. The highest BCUT2D eigenvalue weighted by Gasteiger charge is 2.16. The Balaban J connectivity index is 3.16. The maximum atomic E-state index is 11.3. The molecule has 0 saturated carbocycles. The van der Waals surface area contributed by atoms with E-state index in [0.29, 0.717) is 0 Å². The van der Waals surface area contributed by atoms with Crippen LogP contribution in [0, 0.1) is 0 Å². The van der Waals surface area contributed by atoms with E-state index in [1.165, 1.54) is 0 Å². The van der Waals surface area contributed by atoms with E-state index in [4.69, 9.17) is 9.47 Å². The van der Waals surface area contributed by atoms with Gasteiger partial charge in [-0.3, -0.25) is 4.79 Å².